The van der Waals surface area contributed by atoms with Crippen molar-refractivity contribution >= 4 is 41.3 Å². The SMILES string of the molecule is CCNC(=NCCc1sc(C)nc1C)NC1CCN(CCOC)CC1.I. The number of likely N-dealkylation sites (tertiary alicyclic amines) is 1. The zero-order chi connectivity index (χ0) is 18.1. The van der Waals surface area contributed by atoms with Crippen molar-refractivity contribution < 1.29 is 4.74 Å². The Kier molecular flexibility index (Phi) is 11.7. The topological polar surface area (TPSA) is 61.8 Å². The molecule has 0 spiro atoms. The number of methoxy groups -OCH3 is 1. The van der Waals surface area contributed by atoms with E-state index in [0.717, 1.165) is 75.3 Å². The van der Waals surface area contributed by atoms with Crippen molar-refractivity contribution in [2.45, 2.75) is 46.1 Å². The monoisotopic (exact) mass is 495 g/mol. The van der Waals surface area contributed by atoms with Gasteiger partial charge in [0.2, 0.25) is 0 Å². The number of aryl methyl sites for hydroxylation is 2. The molecule has 6 nitrogen and oxygen atoms in total. The van der Waals surface area contributed by atoms with E-state index in [1.54, 1.807) is 18.4 Å². The minimum absolute atomic E-state index is 0. The summed E-state index contributed by atoms with van der Waals surface area (Å²) >= 11 is 1.78. The molecule has 0 aliphatic carbocycles. The van der Waals surface area contributed by atoms with E-state index in [1.807, 2.05) is 0 Å². The first-order valence-electron chi connectivity index (χ1n) is 9.31. The molecule has 2 rings (SSSR count). The largest absolute Gasteiger partial charge is 0.383 e. The lowest BCUT2D eigenvalue weighted by Crippen LogP contribution is -2.49. The van der Waals surface area contributed by atoms with Gasteiger partial charge in [-0.2, -0.15) is 0 Å². The predicted octanol–water partition coefficient (Wildman–Crippen LogP) is 2.59. The molecule has 0 unspecified atom stereocenters. The Balaban J connectivity index is 0.00000338. The molecular formula is C18H34IN5OS. The summed E-state index contributed by atoms with van der Waals surface area (Å²) in [7, 11) is 1.77. The lowest BCUT2D eigenvalue weighted by molar-refractivity contribution is 0.128. The molecule has 2 N–H and O–H groups in total. The molecule has 0 radical (unpaired) electrons. The lowest BCUT2D eigenvalue weighted by Gasteiger charge is -2.32. The zero-order valence-electron chi connectivity index (χ0n) is 16.5. The van der Waals surface area contributed by atoms with Crippen LogP contribution in [-0.4, -0.2) is 68.3 Å². The number of rotatable bonds is 8. The van der Waals surface area contributed by atoms with Crippen LogP contribution in [0, 0.1) is 13.8 Å². The zero-order valence-corrected chi connectivity index (χ0v) is 19.7. The summed E-state index contributed by atoms with van der Waals surface area (Å²) in [5, 5.41) is 8.12. The lowest BCUT2D eigenvalue weighted by atomic mass is 10.1. The number of piperidine rings is 1. The maximum Gasteiger partial charge on any atom is 0.191 e. The van der Waals surface area contributed by atoms with Crippen molar-refractivity contribution in [1.29, 1.82) is 0 Å². The smallest absolute Gasteiger partial charge is 0.191 e. The van der Waals surface area contributed by atoms with Gasteiger partial charge in [-0.3, -0.25) is 4.99 Å². The van der Waals surface area contributed by atoms with Crippen LogP contribution in [0.1, 0.15) is 35.3 Å². The summed E-state index contributed by atoms with van der Waals surface area (Å²) in [6.45, 7) is 12.0. The molecule has 26 heavy (non-hydrogen) atoms. The molecule has 1 aromatic rings. The molecule has 8 heteroatoms. The second kappa shape index (κ2) is 12.9. The van der Waals surface area contributed by atoms with E-state index in [1.165, 1.54) is 4.88 Å². The Morgan fingerprint density at radius 1 is 1.35 bits per heavy atom. The summed E-state index contributed by atoms with van der Waals surface area (Å²) in [5.41, 5.74) is 1.15. The van der Waals surface area contributed by atoms with Crippen molar-refractivity contribution in [3.8, 4) is 0 Å². The van der Waals surface area contributed by atoms with Crippen LogP contribution in [-0.2, 0) is 11.2 Å². The number of aromatic nitrogens is 1. The first kappa shape index (κ1) is 23.6. The van der Waals surface area contributed by atoms with Gasteiger partial charge >= 0.3 is 0 Å². The maximum absolute atomic E-state index is 5.17. The average Bonchev–Trinajstić information content (AvgIpc) is 2.92. The summed E-state index contributed by atoms with van der Waals surface area (Å²) in [6.07, 6.45) is 3.27. The first-order valence-corrected chi connectivity index (χ1v) is 10.1. The summed E-state index contributed by atoms with van der Waals surface area (Å²) in [6, 6.07) is 0.504. The highest BCUT2D eigenvalue weighted by Gasteiger charge is 2.19. The van der Waals surface area contributed by atoms with Crippen LogP contribution in [0.4, 0.5) is 0 Å². The van der Waals surface area contributed by atoms with Gasteiger partial charge in [0, 0.05) is 57.2 Å². The Hall–Kier alpha value is -0.450. The molecule has 1 aliphatic heterocycles. The van der Waals surface area contributed by atoms with Crippen LogP contribution in [0.2, 0.25) is 0 Å². The molecular weight excluding hydrogens is 461 g/mol. The second-order valence-electron chi connectivity index (χ2n) is 6.51. The van der Waals surface area contributed by atoms with Gasteiger partial charge in [-0.15, -0.1) is 35.3 Å². The molecule has 2 heterocycles. The highest BCUT2D eigenvalue weighted by atomic mass is 127. The Bertz CT molecular complexity index is 544. The van der Waals surface area contributed by atoms with Gasteiger partial charge in [-0.1, -0.05) is 0 Å². The highest BCUT2D eigenvalue weighted by Crippen LogP contribution is 2.17. The minimum atomic E-state index is 0. The van der Waals surface area contributed by atoms with Gasteiger partial charge in [0.15, 0.2) is 5.96 Å². The first-order chi connectivity index (χ1) is 12.1. The van der Waals surface area contributed by atoms with E-state index in [0.29, 0.717) is 6.04 Å². The van der Waals surface area contributed by atoms with E-state index in [9.17, 15) is 0 Å². The van der Waals surface area contributed by atoms with E-state index in [4.69, 9.17) is 9.73 Å². The Labute approximate surface area is 179 Å². The fourth-order valence-corrected chi connectivity index (χ4v) is 4.04. The standard InChI is InChI=1S/C18H33N5OS.HI/c1-5-19-18(20-9-6-17-14(2)21-15(3)25-17)22-16-7-10-23(11-8-16)12-13-24-4;/h16H,5-13H2,1-4H3,(H2,19,20,22);1H. The second-order valence-corrected chi connectivity index (χ2v) is 7.79. The molecule has 0 atom stereocenters. The van der Waals surface area contributed by atoms with Crippen molar-refractivity contribution in [3.63, 3.8) is 0 Å². The molecule has 1 fully saturated rings. The number of nitrogens with one attached hydrogen (secondary N) is 2. The molecule has 0 bridgehead atoms. The summed E-state index contributed by atoms with van der Waals surface area (Å²) in [5.74, 6) is 0.941. The molecule has 0 saturated carbocycles. The molecule has 1 saturated heterocycles. The van der Waals surface area contributed by atoms with Crippen molar-refractivity contribution in [2.75, 3.05) is 46.4 Å². The van der Waals surface area contributed by atoms with Crippen LogP contribution in [0.5, 0.6) is 0 Å². The quantitative estimate of drug-likeness (QED) is 0.330. The Morgan fingerprint density at radius 2 is 2.08 bits per heavy atom. The number of thiazole rings is 1. The molecule has 1 aliphatic rings. The third-order valence-electron chi connectivity index (χ3n) is 4.49. The number of ether oxygens (including phenoxy) is 1. The third kappa shape index (κ3) is 8.06. The van der Waals surface area contributed by atoms with Crippen LogP contribution in [0.15, 0.2) is 4.99 Å². The van der Waals surface area contributed by atoms with Crippen molar-refractivity contribution in [2.24, 2.45) is 4.99 Å². The number of hydrogen-bond donors (Lipinski definition) is 2. The van der Waals surface area contributed by atoms with E-state index >= 15 is 0 Å². The maximum atomic E-state index is 5.17. The molecule has 150 valence electrons. The van der Waals surface area contributed by atoms with E-state index in [-0.39, 0.29) is 24.0 Å². The van der Waals surface area contributed by atoms with Crippen LogP contribution >= 0.6 is 35.3 Å². The van der Waals surface area contributed by atoms with Crippen LogP contribution in [0.3, 0.4) is 0 Å². The van der Waals surface area contributed by atoms with Gasteiger partial charge in [-0.25, -0.2) is 4.98 Å². The van der Waals surface area contributed by atoms with Gasteiger partial charge in [0.05, 0.1) is 17.3 Å². The third-order valence-corrected chi connectivity index (χ3v) is 5.63. The van der Waals surface area contributed by atoms with Crippen LogP contribution < -0.4 is 10.6 Å². The number of guanidine groups is 1. The molecule has 0 amide bonds. The summed E-state index contributed by atoms with van der Waals surface area (Å²) < 4.78 is 5.17. The fourth-order valence-electron chi connectivity index (χ4n) is 3.11. The fraction of sp³-hybridized carbons (Fsp3) is 0.778. The van der Waals surface area contributed by atoms with Crippen molar-refractivity contribution in [1.82, 2.24) is 20.5 Å². The predicted molar refractivity (Wildman–Crippen MR) is 121 cm³/mol. The number of aliphatic imine (C=N–C) groups is 1. The van der Waals surface area contributed by atoms with Gasteiger partial charge in [-0.05, 0) is 33.6 Å². The van der Waals surface area contributed by atoms with Gasteiger partial charge in [0.1, 0.15) is 0 Å². The molecule has 1 aromatic heterocycles. The average molecular weight is 495 g/mol. The van der Waals surface area contributed by atoms with Gasteiger partial charge in [0.25, 0.3) is 0 Å². The van der Waals surface area contributed by atoms with Crippen LogP contribution in [0.25, 0.3) is 0 Å². The minimum Gasteiger partial charge on any atom is -0.383 e. The number of nitrogens with zero attached hydrogens (tertiary/aromatic N) is 3. The summed E-state index contributed by atoms with van der Waals surface area (Å²) in [4.78, 5) is 13.1. The molecule has 0 aromatic carbocycles. The Morgan fingerprint density at radius 3 is 2.65 bits per heavy atom. The normalized spacial score (nSPS) is 16.4. The van der Waals surface area contributed by atoms with E-state index < -0.39 is 0 Å². The van der Waals surface area contributed by atoms with Crippen molar-refractivity contribution in [3.05, 3.63) is 15.6 Å². The van der Waals surface area contributed by atoms with Gasteiger partial charge < -0.3 is 20.3 Å². The highest BCUT2D eigenvalue weighted by molar-refractivity contribution is 14.0. The van der Waals surface area contributed by atoms with E-state index in [2.05, 4.69) is 41.3 Å². The number of halogens is 1. The number of hydrogen-bond acceptors (Lipinski definition) is 5.